The van der Waals surface area contributed by atoms with E-state index in [1.54, 1.807) is 24.3 Å². The Morgan fingerprint density at radius 2 is 0.895 bits per heavy atom. The van der Waals surface area contributed by atoms with Crippen LogP contribution < -0.4 is 11.5 Å². The van der Waals surface area contributed by atoms with E-state index in [1.807, 2.05) is 27.7 Å². The van der Waals surface area contributed by atoms with E-state index in [4.69, 9.17) is 105 Å². The van der Waals surface area contributed by atoms with Gasteiger partial charge in [-0.05, 0) is 48.9 Å². The molecule has 2 atom stereocenters. The first-order chi connectivity index (χ1) is 36.2. The topological polar surface area (TPSA) is 253 Å². The van der Waals surface area contributed by atoms with Gasteiger partial charge in [-0.25, -0.2) is 28.8 Å². The van der Waals surface area contributed by atoms with Crippen molar-refractivity contribution in [1.29, 1.82) is 0 Å². The van der Waals surface area contributed by atoms with Crippen molar-refractivity contribution in [2.24, 2.45) is 23.3 Å². The summed E-state index contributed by atoms with van der Waals surface area (Å²) in [6.07, 6.45) is 1.38. The van der Waals surface area contributed by atoms with Gasteiger partial charge in [0.05, 0.1) is 157 Å². The zero-order chi connectivity index (χ0) is 56.2. The quantitative estimate of drug-likeness (QED) is 0.0374. The molecule has 2 aromatic carbocycles. The van der Waals surface area contributed by atoms with Crippen molar-refractivity contribution in [2.45, 2.75) is 53.4 Å². The lowest BCUT2D eigenvalue weighted by Crippen LogP contribution is -2.39. The van der Waals surface area contributed by atoms with Gasteiger partial charge in [0.1, 0.15) is 0 Å². The lowest BCUT2D eigenvalue weighted by atomic mass is 9.80. The van der Waals surface area contributed by atoms with Crippen LogP contribution in [0.1, 0.15) is 64.5 Å². The van der Waals surface area contributed by atoms with Gasteiger partial charge in [0.15, 0.2) is 0 Å². The predicted octanol–water partition coefficient (Wildman–Crippen LogP) is 7.06. The molecule has 0 fully saturated rings. The highest BCUT2D eigenvalue weighted by atomic mass is 35.5. The maximum absolute atomic E-state index is 14.4. The number of hydroxylamine groups is 4. The number of allylic oxidation sites excluding steroid dienone is 2. The second kappa shape index (κ2) is 31.0. The molecule has 4 N–H and O–H groups in total. The van der Waals surface area contributed by atoms with Gasteiger partial charge in [-0.2, -0.15) is 10.1 Å². The van der Waals surface area contributed by atoms with Crippen molar-refractivity contribution in [1.82, 2.24) is 10.1 Å². The van der Waals surface area contributed by atoms with Crippen LogP contribution in [0, 0.1) is 11.8 Å². The van der Waals surface area contributed by atoms with E-state index in [9.17, 15) is 28.8 Å². The molecule has 2 aliphatic heterocycles. The minimum Gasteiger partial charge on any atom is -0.466 e. The Balaban J connectivity index is 1.88. The molecule has 0 amide bonds. The molecule has 2 aliphatic rings. The van der Waals surface area contributed by atoms with Gasteiger partial charge < -0.3 is 59.0 Å². The van der Waals surface area contributed by atoms with E-state index < -0.39 is 60.9 Å². The third-order valence-electron chi connectivity index (χ3n) is 11.1. The lowest BCUT2D eigenvalue weighted by molar-refractivity contribution is -0.173. The van der Waals surface area contributed by atoms with E-state index in [2.05, 4.69) is 0 Å². The van der Waals surface area contributed by atoms with Crippen molar-refractivity contribution < 1.29 is 76.3 Å². The number of nitrogens with two attached hydrogens (primary N) is 2. The summed E-state index contributed by atoms with van der Waals surface area (Å²) in [4.78, 5) is 96.5. The normalized spacial score (nSPS) is 16.1. The first kappa shape index (κ1) is 63.0. The Labute approximate surface area is 461 Å². The molecule has 0 saturated carbocycles. The van der Waals surface area contributed by atoms with Gasteiger partial charge in [-0.1, -0.05) is 98.4 Å². The van der Waals surface area contributed by atoms with Gasteiger partial charge in [0, 0.05) is 25.2 Å². The minimum absolute atomic E-state index is 0.00168. The fourth-order valence-corrected chi connectivity index (χ4v) is 8.53. The van der Waals surface area contributed by atoms with Gasteiger partial charge >= 0.3 is 35.8 Å². The molecular weight excluding hydrogens is 1080 g/mol. The van der Waals surface area contributed by atoms with Crippen LogP contribution in [0.25, 0.3) is 0 Å². The highest BCUT2D eigenvalue weighted by Crippen LogP contribution is 2.48. The number of hydrogen-bond donors (Lipinski definition) is 2. The predicted molar refractivity (Wildman–Crippen MR) is 280 cm³/mol. The van der Waals surface area contributed by atoms with Crippen LogP contribution >= 0.6 is 46.4 Å². The van der Waals surface area contributed by atoms with Gasteiger partial charge in [-0.3, -0.25) is 0 Å². The van der Waals surface area contributed by atoms with Gasteiger partial charge in [0.2, 0.25) is 0 Å². The highest BCUT2D eigenvalue weighted by Gasteiger charge is 2.46. The van der Waals surface area contributed by atoms with Gasteiger partial charge in [0.25, 0.3) is 0 Å². The summed E-state index contributed by atoms with van der Waals surface area (Å²) in [5.41, 5.74) is 10.4. The summed E-state index contributed by atoms with van der Waals surface area (Å²) >= 11 is 26.6. The van der Waals surface area contributed by atoms with Crippen molar-refractivity contribution >= 4 is 82.2 Å². The summed E-state index contributed by atoms with van der Waals surface area (Å²) in [5.74, 6) is -9.13. The third kappa shape index (κ3) is 16.5. The van der Waals surface area contributed by atoms with Crippen LogP contribution in [-0.2, 0) is 76.3 Å². The number of rotatable bonds is 28. The van der Waals surface area contributed by atoms with E-state index in [-0.39, 0.29) is 154 Å². The smallest absolute Gasteiger partial charge is 0.356 e. The average molecular weight is 1140 g/mol. The molecule has 416 valence electrons. The monoisotopic (exact) mass is 1140 g/mol. The number of halogens is 4. The Bertz CT molecular complexity index is 2420. The first-order valence-corrected chi connectivity index (χ1v) is 25.5. The first-order valence-electron chi connectivity index (χ1n) is 23.9. The van der Waals surface area contributed by atoms with E-state index in [0.29, 0.717) is 12.2 Å². The molecule has 0 unspecified atom stereocenters. The van der Waals surface area contributed by atoms with Crippen molar-refractivity contribution in [2.75, 3.05) is 93.4 Å². The highest BCUT2D eigenvalue weighted by molar-refractivity contribution is 6.43. The molecule has 0 radical (unpaired) electrons. The number of carbonyl (C=O) groups excluding carboxylic acids is 6. The average Bonchev–Trinajstić information content (AvgIpc) is 3.39. The maximum atomic E-state index is 14.4. The molecule has 4 rings (SSSR count). The molecule has 0 bridgehead atoms. The molecule has 0 aromatic heterocycles. The number of methoxy groups -OCH3 is 2. The summed E-state index contributed by atoms with van der Waals surface area (Å²) in [6, 6.07) is 9.29. The molecule has 20 nitrogen and oxygen atoms in total. The Morgan fingerprint density at radius 1 is 0.539 bits per heavy atom. The van der Waals surface area contributed by atoms with Crippen LogP contribution in [0.4, 0.5) is 0 Å². The molecule has 0 saturated heterocycles. The summed E-state index contributed by atoms with van der Waals surface area (Å²) < 4.78 is 44.8. The largest absolute Gasteiger partial charge is 0.466 e. The number of nitrogens with zero attached hydrogens (tertiary/aromatic N) is 2. The number of esters is 4. The van der Waals surface area contributed by atoms with Gasteiger partial charge in [-0.15, -0.1) is 0 Å². The van der Waals surface area contributed by atoms with Crippen LogP contribution in [0.5, 0.6) is 0 Å². The standard InChI is InChI=1S/C52H64Cl4N4O16/c1-29(2)25-73-51(65)45-37(27-71-23-21-69-19-17-57)59(31(5)41(49(63)67-7)43(45)33-11-9-13-35(53)47(33)55)75-39(61)15-16-40(62)76-60-32(6)42(50(64)68-8)44(34-12-10-14-36(54)48(34)56)46(52(66)74-26-30(3)4)38(60)28-72-24-22-70-20-18-58/h9-16,29-30,43-44H,17-28,57-58H2,1-8H3/b16-15+/t43-,44-/m0/s1. The number of ether oxygens (including phenoxy) is 8. The summed E-state index contributed by atoms with van der Waals surface area (Å²) in [6.45, 7) is 10.2. The van der Waals surface area contributed by atoms with Crippen LogP contribution in [0.2, 0.25) is 20.1 Å². The van der Waals surface area contributed by atoms with Crippen LogP contribution in [0.15, 0.2) is 93.6 Å². The van der Waals surface area contributed by atoms with Crippen LogP contribution in [-0.4, -0.2) is 139 Å². The zero-order valence-electron chi connectivity index (χ0n) is 43.5. The number of hydrogen-bond acceptors (Lipinski definition) is 20. The summed E-state index contributed by atoms with van der Waals surface area (Å²) in [5, 5.41) is 1.98. The fourth-order valence-electron chi connectivity index (χ4n) is 7.69. The molecule has 2 heterocycles. The van der Waals surface area contributed by atoms with Crippen molar-refractivity contribution in [3.63, 3.8) is 0 Å². The molecule has 24 heteroatoms. The fraction of sp³-hybridized carbons (Fsp3) is 0.462. The summed E-state index contributed by atoms with van der Waals surface area (Å²) in [7, 11) is 2.24. The Hall–Kier alpha value is -5.52. The Kier molecular flexibility index (Phi) is 25.7. The number of benzene rings is 2. The second-order valence-corrected chi connectivity index (χ2v) is 19.1. The molecule has 76 heavy (non-hydrogen) atoms. The maximum Gasteiger partial charge on any atom is 0.356 e. The molecular formula is C52H64Cl4N4O16. The second-order valence-electron chi connectivity index (χ2n) is 17.5. The molecule has 0 spiro atoms. The zero-order valence-corrected chi connectivity index (χ0v) is 46.5. The molecule has 0 aliphatic carbocycles. The number of carbonyl (C=O) groups is 6. The Morgan fingerprint density at radius 3 is 1.22 bits per heavy atom. The van der Waals surface area contributed by atoms with E-state index in [0.717, 1.165) is 24.3 Å². The van der Waals surface area contributed by atoms with E-state index in [1.165, 1.54) is 26.0 Å². The lowest BCUT2D eigenvalue weighted by Gasteiger charge is -2.37. The molecule has 2 aromatic rings. The van der Waals surface area contributed by atoms with Crippen molar-refractivity contribution in [3.8, 4) is 0 Å². The van der Waals surface area contributed by atoms with E-state index >= 15 is 0 Å². The third-order valence-corrected chi connectivity index (χ3v) is 12.7. The van der Waals surface area contributed by atoms with Crippen molar-refractivity contribution in [3.05, 3.63) is 125 Å². The minimum atomic E-state index is -1.31. The van der Waals surface area contributed by atoms with Crippen LogP contribution in [0.3, 0.4) is 0 Å². The SMILES string of the molecule is COC(=O)C1=C(C)N(OC(=O)/C=C/C(=O)ON2C(C)=C(C(=O)OC)[C@H](c3cccc(Cl)c3Cl)C(C(=O)OCC(C)C)=C2COCCOCCN)C(COCCOCCN)=C(C(=O)OCC(C)C)[C@H]1c1cccc(Cl)c1Cl.